The highest BCUT2D eigenvalue weighted by atomic mass is 16.3. The van der Waals surface area contributed by atoms with Gasteiger partial charge < -0.3 is 10.4 Å². The van der Waals surface area contributed by atoms with Crippen LogP contribution in [0.1, 0.15) is 72.1 Å². The molecule has 4 fully saturated rings. The molecule has 2 nitrogen and oxygen atoms in total. The van der Waals surface area contributed by atoms with Gasteiger partial charge in [0.1, 0.15) is 0 Å². The monoisotopic (exact) mass is 279 g/mol. The maximum atomic E-state index is 10.5. The van der Waals surface area contributed by atoms with Crippen LogP contribution in [0.15, 0.2) is 0 Å². The van der Waals surface area contributed by atoms with Crippen molar-refractivity contribution in [3.05, 3.63) is 0 Å². The predicted molar refractivity (Wildman–Crippen MR) is 83.6 cm³/mol. The van der Waals surface area contributed by atoms with E-state index in [-0.39, 0.29) is 0 Å². The van der Waals surface area contributed by atoms with E-state index in [1.54, 1.807) is 0 Å². The number of aliphatic hydroxyl groups is 1. The molecule has 4 rings (SSSR count). The van der Waals surface area contributed by atoms with Gasteiger partial charge in [-0.15, -0.1) is 0 Å². The van der Waals surface area contributed by atoms with Crippen molar-refractivity contribution in [2.24, 2.45) is 23.2 Å². The minimum Gasteiger partial charge on any atom is -0.389 e. The first-order chi connectivity index (χ1) is 9.48. The molecule has 20 heavy (non-hydrogen) atoms. The Hall–Kier alpha value is -0.0800. The second-order valence-corrected chi connectivity index (χ2v) is 8.31. The van der Waals surface area contributed by atoms with E-state index >= 15 is 0 Å². The molecule has 0 aromatic heterocycles. The predicted octanol–water partition coefficient (Wildman–Crippen LogP) is 3.73. The highest BCUT2D eigenvalue weighted by molar-refractivity contribution is 5.05. The number of nitrogens with one attached hydrogen (secondary N) is 1. The fourth-order valence-electron chi connectivity index (χ4n) is 5.77. The summed E-state index contributed by atoms with van der Waals surface area (Å²) in [5.74, 6) is 3.05. The Morgan fingerprint density at radius 3 is 1.90 bits per heavy atom. The summed E-state index contributed by atoms with van der Waals surface area (Å²) in [5, 5.41) is 14.2. The van der Waals surface area contributed by atoms with Gasteiger partial charge in [0.25, 0.3) is 0 Å². The van der Waals surface area contributed by atoms with Crippen molar-refractivity contribution in [3.8, 4) is 0 Å². The Morgan fingerprint density at radius 1 is 1.05 bits per heavy atom. The maximum Gasteiger partial charge on any atom is 0.0766 e. The minimum absolute atomic E-state index is 0.503. The van der Waals surface area contributed by atoms with Crippen LogP contribution in [0, 0.1) is 23.2 Å². The van der Waals surface area contributed by atoms with Gasteiger partial charge in [0.2, 0.25) is 0 Å². The Balaban J connectivity index is 1.64. The molecule has 4 saturated carbocycles. The summed E-state index contributed by atoms with van der Waals surface area (Å²) < 4.78 is 0. The molecule has 0 aromatic carbocycles. The maximum absolute atomic E-state index is 10.5. The number of rotatable bonds is 6. The van der Waals surface area contributed by atoms with Gasteiger partial charge in [-0.05, 0) is 81.5 Å². The van der Waals surface area contributed by atoms with Crippen LogP contribution < -0.4 is 5.32 Å². The lowest BCUT2D eigenvalue weighted by Gasteiger charge is -2.59. The first-order valence-corrected chi connectivity index (χ1v) is 8.94. The van der Waals surface area contributed by atoms with Crippen molar-refractivity contribution in [2.75, 3.05) is 6.54 Å². The Bertz CT molecular complexity index is 312. The fourth-order valence-corrected chi connectivity index (χ4v) is 5.77. The van der Waals surface area contributed by atoms with Crippen LogP contribution in [0.4, 0.5) is 0 Å². The summed E-state index contributed by atoms with van der Waals surface area (Å²) in [7, 11) is 0. The molecular weight excluding hydrogens is 246 g/mol. The molecule has 1 unspecified atom stereocenters. The second-order valence-electron chi connectivity index (χ2n) is 8.31. The van der Waals surface area contributed by atoms with E-state index < -0.39 is 5.60 Å². The lowest BCUT2D eigenvalue weighted by Crippen LogP contribution is -2.56. The molecule has 2 heteroatoms. The third-order valence-electron chi connectivity index (χ3n) is 7.06. The molecule has 0 aromatic rings. The van der Waals surface area contributed by atoms with Gasteiger partial charge in [-0.25, -0.2) is 0 Å². The lowest BCUT2D eigenvalue weighted by molar-refractivity contribution is -0.0747. The van der Waals surface area contributed by atoms with E-state index in [1.165, 1.54) is 38.5 Å². The number of hydrogen-bond donors (Lipinski definition) is 2. The van der Waals surface area contributed by atoms with Crippen molar-refractivity contribution in [3.63, 3.8) is 0 Å². The molecule has 1 atom stereocenters. The number of hydrogen-bond acceptors (Lipinski definition) is 2. The van der Waals surface area contributed by atoms with Crippen LogP contribution in [0.25, 0.3) is 0 Å². The largest absolute Gasteiger partial charge is 0.389 e. The van der Waals surface area contributed by atoms with Crippen molar-refractivity contribution in [1.82, 2.24) is 5.32 Å². The van der Waals surface area contributed by atoms with Crippen LogP contribution in [-0.4, -0.2) is 23.3 Å². The average molecular weight is 279 g/mol. The first-order valence-electron chi connectivity index (χ1n) is 8.94. The van der Waals surface area contributed by atoms with E-state index in [2.05, 4.69) is 26.1 Å². The highest BCUT2D eigenvalue weighted by Crippen LogP contribution is 2.61. The second kappa shape index (κ2) is 5.28. The molecule has 0 aliphatic heterocycles. The van der Waals surface area contributed by atoms with Gasteiger partial charge in [-0.2, -0.15) is 0 Å². The van der Waals surface area contributed by atoms with Crippen molar-refractivity contribution < 1.29 is 5.11 Å². The zero-order valence-corrected chi connectivity index (χ0v) is 13.6. The molecule has 0 heterocycles. The quantitative estimate of drug-likeness (QED) is 0.776. The summed E-state index contributed by atoms with van der Waals surface area (Å²) in [5.41, 5.74) is 0.0493. The summed E-state index contributed by atoms with van der Waals surface area (Å²) >= 11 is 0. The Kier molecular flexibility index (Phi) is 3.92. The van der Waals surface area contributed by atoms with E-state index in [9.17, 15) is 5.11 Å². The Morgan fingerprint density at radius 2 is 1.50 bits per heavy atom. The highest BCUT2D eigenvalue weighted by Gasteiger charge is 2.53. The zero-order valence-electron chi connectivity index (χ0n) is 13.6. The molecule has 0 amide bonds. The van der Waals surface area contributed by atoms with E-state index in [4.69, 9.17) is 0 Å². The normalized spacial score (nSPS) is 41.1. The fraction of sp³-hybridized carbons (Fsp3) is 1.00. The summed E-state index contributed by atoms with van der Waals surface area (Å²) in [6.45, 7) is 7.35. The molecule has 0 radical (unpaired) electrons. The minimum atomic E-state index is -0.503. The van der Waals surface area contributed by atoms with Crippen LogP contribution in [0.3, 0.4) is 0 Å². The first kappa shape index (κ1) is 14.8. The van der Waals surface area contributed by atoms with Crippen molar-refractivity contribution in [2.45, 2.75) is 83.8 Å². The lowest BCUT2D eigenvalue weighted by atomic mass is 9.48. The molecule has 4 bridgehead atoms. The average Bonchev–Trinajstić information content (AvgIpc) is 2.43. The molecule has 2 N–H and O–H groups in total. The molecule has 0 spiro atoms. The zero-order chi connectivity index (χ0) is 14.4. The van der Waals surface area contributed by atoms with Crippen LogP contribution in [0.2, 0.25) is 0 Å². The standard InChI is InChI=1S/C18H33NO/c1-4-18(20,5-2)12-19-13(3)17-9-14-6-15(10-17)8-16(7-14)11-17/h13-16,19-20H,4-12H2,1-3H3. The van der Waals surface area contributed by atoms with Gasteiger partial charge in [-0.1, -0.05) is 13.8 Å². The third-order valence-corrected chi connectivity index (χ3v) is 7.06. The molecule has 4 aliphatic rings. The van der Waals surface area contributed by atoms with Crippen LogP contribution in [-0.2, 0) is 0 Å². The van der Waals surface area contributed by atoms with Gasteiger partial charge in [0.15, 0.2) is 0 Å². The van der Waals surface area contributed by atoms with Crippen LogP contribution >= 0.6 is 0 Å². The SMILES string of the molecule is CCC(O)(CC)CNC(C)C12CC3CC(CC(C3)C1)C2. The molecule has 116 valence electrons. The smallest absolute Gasteiger partial charge is 0.0766 e. The van der Waals surface area contributed by atoms with Crippen molar-refractivity contribution >= 4 is 0 Å². The summed E-state index contributed by atoms with van der Waals surface area (Å²) in [6.07, 6.45) is 10.6. The molecule has 4 aliphatic carbocycles. The van der Waals surface area contributed by atoms with E-state index in [1.807, 2.05) is 0 Å². The third kappa shape index (κ3) is 2.54. The van der Waals surface area contributed by atoms with Crippen LogP contribution in [0.5, 0.6) is 0 Å². The Labute approximate surface area is 124 Å². The van der Waals surface area contributed by atoms with Gasteiger partial charge in [0.05, 0.1) is 5.60 Å². The van der Waals surface area contributed by atoms with E-state index in [0.29, 0.717) is 11.5 Å². The van der Waals surface area contributed by atoms with Gasteiger partial charge in [0, 0.05) is 12.6 Å². The summed E-state index contributed by atoms with van der Waals surface area (Å²) in [6, 6.07) is 0.570. The topological polar surface area (TPSA) is 32.3 Å². The molecule has 0 saturated heterocycles. The summed E-state index contributed by atoms with van der Waals surface area (Å²) in [4.78, 5) is 0. The van der Waals surface area contributed by atoms with Gasteiger partial charge in [-0.3, -0.25) is 0 Å². The van der Waals surface area contributed by atoms with Crippen molar-refractivity contribution in [1.29, 1.82) is 0 Å². The van der Waals surface area contributed by atoms with Gasteiger partial charge >= 0.3 is 0 Å². The van der Waals surface area contributed by atoms with E-state index in [0.717, 1.165) is 37.1 Å². The molecular formula is C18H33NO.